The highest BCUT2D eigenvalue weighted by molar-refractivity contribution is 6.11. The predicted molar refractivity (Wildman–Crippen MR) is 125 cm³/mol. The van der Waals surface area contributed by atoms with Gasteiger partial charge in [0.1, 0.15) is 11.4 Å². The van der Waals surface area contributed by atoms with Crippen LogP contribution in [0.3, 0.4) is 0 Å². The summed E-state index contributed by atoms with van der Waals surface area (Å²) in [6.07, 6.45) is -3.58. The van der Waals surface area contributed by atoms with Crippen molar-refractivity contribution in [2.45, 2.75) is 6.36 Å². The number of nitrogens with zero attached hydrogens (tertiary/aromatic N) is 3. The van der Waals surface area contributed by atoms with Crippen LogP contribution in [0, 0.1) is 0 Å². The fraction of sp³-hybridized carbons (Fsp3) is 0.167. The number of ether oxygens (including phenoxy) is 2. The highest BCUT2D eigenvalue weighted by Crippen LogP contribution is 2.38. The minimum absolute atomic E-state index is 0.0401. The monoisotopic (exact) mass is 500 g/mol. The van der Waals surface area contributed by atoms with Crippen molar-refractivity contribution in [2.75, 3.05) is 26.1 Å². The van der Waals surface area contributed by atoms with Gasteiger partial charge in [0.2, 0.25) is 0 Å². The molecular formula is C24H20F3N5O4. The predicted octanol–water partition coefficient (Wildman–Crippen LogP) is 4.17. The normalized spacial score (nSPS) is 11.6. The van der Waals surface area contributed by atoms with Gasteiger partial charge in [-0.25, -0.2) is 0 Å². The average molecular weight is 500 g/mol. The largest absolute Gasteiger partial charge is 0.573 e. The number of anilines is 1. The lowest BCUT2D eigenvalue weighted by Crippen LogP contribution is -2.29. The van der Waals surface area contributed by atoms with Crippen molar-refractivity contribution in [3.63, 3.8) is 0 Å². The zero-order chi connectivity index (χ0) is 26.7. The lowest BCUT2D eigenvalue weighted by molar-refractivity contribution is -0.274. The van der Waals surface area contributed by atoms with Crippen LogP contribution in [0.5, 0.6) is 11.5 Å². The van der Waals surface area contributed by atoms with E-state index < -0.39 is 23.9 Å². The molecule has 2 heterocycles. The number of carbonyl (C=O) groups is 2. The average Bonchev–Trinajstić information content (AvgIpc) is 3.29. The molecule has 0 aliphatic carbocycles. The van der Waals surface area contributed by atoms with Crippen LogP contribution in [0.15, 0.2) is 54.7 Å². The van der Waals surface area contributed by atoms with Crippen LogP contribution in [0.4, 0.5) is 18.9 Å². The van der Waals surface area contributed by atoms with Gasteiger partial charge in [-0.15, -0.1) is 13.2 Å². The molecule has 2 N–H and O–H groups in total. The first-order valence-electron chi connectivity index (χ1n) is 11.1. The van der Waals surface area contributed by atoms with Crippen molar-refractivity contribution in [1.29, 1.82) is 0 Å². The Morgan fingerprint density at radius 2 is 1.86 bits per heavy atom. The van der Waals surface area contributed by atoms with E-state index in [1.54, 1.807) is 24.3 Å². The van der Waals surface area contributed by atoms with E-state index >= 15 is 0 Å². The summed E-state index contributed by atoms with van der Waals surface area (Å²) >= 11 is 0. The SMILES string of the molecule is [2H]CNC(=O)c1n[nH]c2cc(OC)c(-c3cccnc3C(=O)N(C)c3ccccc3OC(F)(F)F)cc12. The van der Waals surface area contributed by atoms with Gasteiger partial charge < -0.3 is 19.7 Å². The van der Waals surface area contributed by atoms with Crippen molar-refractivity contribution >= 4 is 28.4 Å². The number of H-pyrrole nitrogens is 1. The third kappa shape index (κ3) is 4.65. The molecule has 0 aliphatic rings. The Hall–Kier alpha value is -4.61. The first-order valence-corrected chi connectivity index (χ1v) is 10.4. The van der Waals surface area contributed by atoms with E-state index in [-0.39, 0.29) is 24.1 Å². The fourth-order valence-electron chi connectivity index (χ4n) is 3.69. The molecule has 0 aliphatic heterocycles. The number of hydrogen-bond acceptors (Lipinski definition) is 6. The van der Waals surface area contributed by atoms with Crippen LogP contribution in [-0.4, -0.2) is 54.5 Å². The lowest BCUT2D eigenvalue weighted by Gasteiger charge is -2.22. The number of rotatable bonds is 6. The van der Waals surface area contributed by atoms with Gasteiger partial charge in [-0.3, -0.25) is 19.7 Å². The molecule has 4 aromatic rings. The Kier molecular flexibility index (Phi) is 6.15. The van der Waals surface area contributed by atoms with Crippen LogP contribution in [-0.2, 0) is 0 Å². The van der Waals surface area contributed by atoms with Gasteiger partial charge >= 0.3 is 6.36 Å². The minimum atomic E-state index is -4.95. The Bertz CT molecular complexity index is 1470. The molecule has 9 nitrogen and oxygen atoms in total. The van der Waals surface area contributed by atoms with Gasteiger partial charge in [0.05, 0.1) is 18.3 Å². The number of pyridine rings is 1. The molecule has 0 unspecified atom stereocenters. The van der Waals surface area contributed by atoms with Crippen molar-refractivity contribution in [3.8, 4) is 22.6 Å². The summed E-state index contributed by atoms with van der Waals surface area (Å²) in [6, 6.07) is 11.6. The molecule has 0 atom stereocenters. The maximum atomic E-state index is 13.5. The Morgan fingerprint density at radius 3 is 2.58 bits per heavy atom. The second-order valence-corrected chi connectivity index (χ2v) is 7.46. The van der Waals surface area contributed by atoms with E-state index in [0.29, 0.717) is 27.8 Å². The van der Waals surface area contributed by atoms with E-state index in [2.05, 4.69) is 25.2 Å². The number of aromatic nitrogens is 3. The molecule has 2 aromatic heterocycles. The zero-order valence-corrected chi connectivity index (χ0v) is 19.0. The Labute approximate surface area is 204 Å². The molecule has 36 heavy (non-hydrogen) atoms. The van der Waals surface area contributed by atoms with Gasteiger partial charge in [0.25, 0.3) is 11.8 Å². The van der Waals surface area contributed by atoms with Crippen LogP contribution in [0.1, 0.15) is 22.3 Å². The summed E-state index contributed by atoms with van der Waals surface area (Å²) in [5.41, 5.74) is 1.01. The quantitative estimate of drug-likeness (QED) is 0.411. The van der Waals surface area contributed by atoms with Gasteiger partial charge in [0.15, 0.2) is 11.4 Å². The lowest BCUT2D eigenvalue weighted by atomic mass is 9.99. The van der Waals surface area contributed by atoms with E-state index in [9.17, 15) is 22.8 Å². The van der Waals surface area contributed by atoms with Crippen molar-refractivity contribution in [1.82, 2.24) is 20.5 Å². The molecule has 0 spiro atoms. The van der Waals surface area contributed by atoms with Gasteiger partial charge in [-0.1, -0.05) is 18.2 Å². The molecule has 0 saturated carbocycles. The molecule has 2 amide bonds. The minimum Gasteiger partial charge on any atom is -0.496 e. The fourth-order valence-corrected chi connectivity index (χ4v) is 3.69. The third-order valence-electron chi connectivity index (χ3n) is 5.32. The number of hydrogen-bond donors (Lipinski definition) is 2. The van der Waals surface area contributed by atoms with Crippen LogP contribution in [0.25, 0.3) is 22.0 Å². The number of alkyl halides is 3. The highest BCUT2D eigenvalue weighted by atomic mass is 19.4. The molecule has 0 bridgehead atoms. The number of amides is 2. The van der Waals surface area contributed by atoms with E-state index in [0.717, 1.165) is 11.0 Å². The van der Waals surface area contributed by atoms with E-state index in [1.165, 1.54) is 38.6 Å². The molecule has 4 rings (SSSR count). The third-order valence-corrected chi connectivity index (χ3v) is 5.32. The number of carbonyl (C=O) groups excluding carboxylic acids is 2. The van der Waals surface area contributed by atoms with Crippen molar-refractivity contribution < 1.29 is 33.6 Å². The summed E-state index contributed by atoms with van der Waals surface area (Å²) in [7, 11) is 2.38. The standard InChI is InChI=1S/C24H20F3N5O4/c1-28-22(33)20-15-11-14(19(35-3)12-16(15)30-31-20)13-7-6-10-29-21(13)23(34)32(2)17-8-4-5-9-18(17)36-24(25,26)27/h4-12H,1-3H3,(H,28,33)(H,30,31)/i1D. The molecule has 12 heteroatoms. The highest BCUT2D eigenvalue weighted by Gasteiger charge is 2.33. The second kappa shape index (κ2) is 9.56. The molecule has 0 radical (unpaired) electrons. The molecule has 0 saturated heterocycles. The number of nitrogens with one attached hydrogen (secondary N) is 2. The zero-order valence-electron chi connectivity index (χ0n) is 20.0. The number of methoxy groups -OCH3 is 1. The van der Waals surface area contributed by atoms with Crippen molar-refractivity contribution in [3.05, 3.63) is 66.1 Å². The molecular weight excluding hydrogens is 479 g/mol. The van der Waals surface area contributed by atoms with Crippen LogP contribution < -0.4 is 19.7 Å². The molecule has 186 valence electrons. The number of fused-ring (bicyclic) bond motifs is 1. The summed E-state index contributed by atoms with van der Waals surface area (Å²) in [4.78, 5) is 31.1. The molecule has 0 fully saturated rings. The first-order chi connectivity index (χ1) is 17.6. The molecule has 2 aromatic carbocycles. The Morgan fingerprint density at radius 1 is 1.08 bits per heavy atom. The van der Waals surface area contributed by atoms with Gasteiger partial charge in [-0.05, 0) is 24.3 Å². The van der Waals surface area contributed by atoms with E-state index in [4.69, 9.17) is 6.11 Å². The maximum absolute atomic E-state index is 13.5. The van der Waals surface area contributed by atoms with Gasteiger partial charge in [-0.2, -0.15) is 5.10 Å². The van der Waals surface area contributed by atoms with Crippen LogP contribution >= 0.6 is 0 Å². The van der Waals surface area contributed by atoms with E-state index in [1.807, 2.05) is 0 Å². The number of halogens is 3. The summed E-state index contributed by atoms with van der Waals surface area (Å²) < 4.78 is 55.6. The first kappa shape index (κ1) is 23.1. The number of para-hydroxylation sites is 2. The number of aromatic amines is 1. The summed E-state index contributed by atoms with van der Waals surface area (Å²) in [5.74, 6) is -1.50. The summed E-state index contributed by atoms with van der Waals surface area (Å²) in [5, 5.41) is 9.51. The maximum Gasteiger partial charge on any atom is 0.573 e. The van der Waals surface area contributed by atoms with Crippen molar-refractivity contribution in [2.24, 2.45) is 0 Å². The van der Waals surface area contributed by atoms with Gasteiger partial charge in [0, 0.05) is 44.2 Å². The summed E-state index contributed by atoms with van der Waals surface area (Å²) in [6.45, 7) is 0. The number of benzene rings is 2. The second-order valence-electron chi connectivity index (χ2n) is 7.46. The Balaban J connectivity index is 1.81. The van der Waals surface area contributed by atoms with Crippen LogP contribution in [0.2, 0.25) is 0 Å². The smallest absolute Gasteiger partial charge is 0.496 e. The topological polar surface area (TPSA) is 109 Å².